The number of rotatable bonds is 2. The summed E-state index contributed by atoms with van der Waals surface area (Å²) in [5.74, 6) is 0.390. The van der Waals surface area contributed by atoms with Crippen molar-refractivity contribution in [1.29, 1.82) is 0 Å². The van der Waals surface area contributed by atoms with Gasteiger partial charge in [-0.2, -0.15) is 9.97 Å². The quantitative estimate of drug-likeness (QED) is 0.643. The first-order valence-electron chi connectivity index (χ1n) is 6.13. The molecule has 2 atom stereocenters. The summed E-state index contributed by atoms with van der Waals surface area (Å²) < 4.78 is 1.95. The molecule has 2 heterocycles. The van der Waals surface area contributed by atoms with Crippen molar-refractivity contribution in [3.8, 4) is 0 Å². The third-order valence-electron chi connectivity index (χ3n) is 3.43. The van der Waals surface area contributed by atoms with Gasteiger partial charge in [-0.05, 0) is 12.8 Å². The maximum Gasteiger partial charge on any atom is 0.223 e. The predicted octanol–water partition coefficient (Wildman–Crippen LogP) is 1.56. The fourth-order valence-corrected chi connectivity index (χ4v) is 2.61. The molecule has 19 heavy (non-hydrogen) atoms. The first-order chi connectivity index (χ1) is 9.19. The second-order valence-electron chi connectivity index (χ2n) is 4.67. The number of allylic oxidation sites excluding steroid dienone is 1. The van der Waals surface area contributed by atoms with Gasteiger partial charge in [0.05, 0.1) is 12.4 Å². The molecule has 7 heteroatoms. The van der Waals surface area contributed by atoms with E-state index < -0.39 is 0 Å². The lowest BCUT2D eigenvalue weighted by Crippen LogP contribution is -2.15. The summed E-state index contributed by atoms with van der Waals surface area (Å²) in [5, 5.41) is 9.40. The van der Waals surface area contributed by atoms with Gasteiger partial charge in [0.1, 0.15) is 5.52 Å². The second kappa shape index (κ2) is 4.79. The predicted molar refractivity (Wildman–Crippen MR) is 72.7 cm³/mol. The Kier molecular flexibility index (Phi) is 3.12. The van der Waals surface area contributed by atoms with E-state index in [2.05, 4.69) is 21.0 Å². The molecule has 1 aliphatic carbocycles. The zero-order chi connectivity index (χ0) is 13.4. The number of aliphatic hydroxyl groups excluding tert-OH is 1. The SMILES string of the molecule is Nc1nc(Cl)c2ncn([C@H]3C=C[C@@H](CO)CC3)c2n1. The van der Waals surface area contributed by atoms with Gasteiger partial charge in [-0.1, -0.05) is 23.8 Å². The van der Waals surface area contributed by atoms with Crippen molar-refractivity contribution in [3.63, 3.8) is 0 Å². The smallest absolute Gasteiger partial charge is 0.223 e. The molecule has 2 aromatic rings. The molecule has 6 nitrogen and oxygen atoms in total. The van der Waals surface area contributed by atoms with E-state index in [0.717, 1.165) is 12.8 Å². The van der Waals surface area contributed by atoms with Crippen molar-refractivity contribution < 1.29 is 5.11 Å². The van der Waals surface area contributed by atoms with Gasteiger partial charge in [0, 0.05) is 12.5 Å². The number of nitrogens with zero attached hydrogens (tertiary/aromatic N) is 4. The van der Waals surface area contributed by atoms with Gasteiger partial charge < -0.3 is 15.4 Å². The van der Waals surface area contributed by atoms with E-state index in [1.165, 1.54) is 0 Å². The first kappa shape index (κ1) is 12.4. The van der Waals surface area contributed by atoms with Crippen LogP contribution < -0.4 is 5.73 Å². The fourth-order valence-electron chi connectivity index (χ4n) is 2.39. The average molecular weight is 280 g/mol. The number of hydrogen-bond donors (Lipinski definition) is 2. The number of aliphatic hydroxyl groups is 1. The molecule has 0 radical (unpaired) electrons. The van der Waals surface area contributed by atoms with Gasteiger partial charge in [0.25, 0.3) is 0 Å². The minimum absolute atomic E-state index is 0.146. The van der Waals surface area contributed by atoms with E-state index in [9.17, 15) is 0 Å². The molecule has 0 saturated carbocycles. The summed E-state index contributed by atoms with van der Waals surface area (Å²) in [7, 11) is 0. The molecule has 0 aliphatic heterocycles. The van der Waals surface area contributed by atoms with Gasteiger partial charge >= 0.3 is 0 Å². The largest absolute Gasteiger partial charge is 0.396 e. The highest BCUT2D eigenvalue weighted by Gasteiger charge is 2.20. The normalized spacial score (nSPS) is 23.1. The number of halogens is 1. The number of hydrogen-bond acceptors (Lipinski definition) is 5. The van der Waals surface area contributed by atoms with Crippen LogP contribution in [-0.2, 0) is 0 Å². The maximum atomic E-state index is 9.13. The highest BCUT2D eigenvalue weighted by Crippen LogP contribution is 2.29. The number of nitrogen functional groups attached to an aromatic ring is 1. The van der Waals surface area contributed by atoms with Crippen molar-refractivity contribution in [2.45, 2.75) is 18.9 Å². The highest BCUT2D eigenvalue weighted by molar-refractivity contribution is 6.33. The molecule has 0 fully saturated rings. The summed E-state index contributed by atoms with van der Waals surface area (Å²) in [5.41, 5.74) is 6.84. The molecule has 100 valence electrons. The molecule has 3 rings (SSSR count). The van der Waals surface area contributed by atoms with Crippen LogP contribution in [0.5, 0.6) is 0 Å². The lowest BCUT2D eigenvalue weighted by atomic mass is 9.93. The molecule has 0 amide bonds. The van der Waals surface area contributed by atoms with E-state index in [1.54, 1.807) is 6.33 Å². The number of fused-ring (bicyclic) bond motifs is 1. The van der Waals surface area contributed by atoms with Gasteiger partial charge in [-0.15, -0.1) is 0 Å². The Bertz CT molecular complexity index is 638. The molecule has 1 aliphatic rings. The van der Waals surface area contributed by atoms with E-state index in [1.807, 2.05) is 10.6 Å². The molecular formula is C12H14ClN5O. The van der Waals surface area contributed by atoms with Gasteiger partial charge in [0.15, 0.2) is 10.8 Å². The van der Waals surface area contributed by atoms with Crippen LogP contribution in [0.15, 0.2) is 18.5 Å². The second-order valence-corrected chi connectivity index (χ2v) is 5.03. The van der Waals surface area contributed by atoms with E-state index in [-0.39, 0.29) is 29.7 Å². The summed E-state index contributed by atoms with van der Waals surface area (Å²) in [6.45, 7) is 0.189. The lowest BCUT2D eigenvalue weighted by molar-refractivity contribution is 0.235. The van der Waals surface area contributed by atoms with E-state index >= 15 is 0 Å². The van der Waals surface area contributed by atoms with E-state index in [4.69, 9.17) is 22.4 Å². The molecule has 2 aromatic heterocycles. The number of aromatic nitrogens is 4. The third kappa shape index (κ3) is 2.17. The summed E-state index contributed by atoms with van der Waals surface area (Å²) in [6, 6.07) is 0.165. The van der Waals surface area contributed by atoms with Crippen molar-refractivity contribution in [3.05, 3.63) is 23.6 Å². The van der Waals surface area contributed by atoms with Crippen LogP contribution in [0.25, 0.3) is 11.2 Å². The molecule has 0 aromatic carbocycles. The summed E-state index contributed by atoms with van der Waals surface area (Å²) in [6.07, 6.45) is 7.67. The Labute approximate surface area is 114 Å². The van der Waals surface area contributed by atoms with Crippen molar-refractivity contribution >= 4 is 28.7 Å². The highest BCUT2D eigenvalue weighted by atomic mass is 35.5. The Balaban J connectivity index is 2.02. The molecule has 0 bridgehead atoms. The monoisotopic (exact) mass is 279 g/mol. The minimum atomic E-state index is 0.146. The van der Waals surface area contributed by atoms with Crippen LogP contribution in [0.3, 0.4) is 0 Å². The Morgan fingerprint density at radius 1 is 1.37 bits per heavy atom. The number of imidazole rings is 1. The van der Waals surface area contributed by atoms with Gasteiger partial charge in [-0.25, -0.2) is 4.98 Å². The Morgan fingerprint density at radius 2 is 2.21 bits per heavy atom. The zero-order valence-corrected chi connectivity index (χ0v) is 11.0. The number of anilines is 1. The van der Waals surface area contributed by atoms with Gasteiger partial charge in [-0.3, -0.25) is 0 Å². The van der Waals surface area contributed by atoms with Crippen LogP contribution in [-0.4, -0.2) is 31.2 Å². The van der Waals surface area contributed by atoms with E-state index in [0.29, 0.717) is 11.2 Å². The number of nitrogens with two attached hydrogens (primary N) is 1. The first-order valence-corrected chi connectivity index (χ1v) is 6.51. The van der Waals surface area contributed by atoms with Crippen LogP contribution in [0, 0.1) is 5.92 Å². The molecule has 3 N–H and O–H groups in total. The van der Waals surface area contributed by atoms with Crippen LogP contribution >= 0.6 is 11.6 Å². The molecule has 0 saturated heterocycles. The zero-order valence-electron chi connectivity index (χ0n) is 10.2. The Morgan fingerprint density at radius 3 is 2.89 bits per heavy atom. The van der Waals surface area contributed by atoms with Crippen molar-refractivity contribution in [1.82, 2.24) is 19.5 Å². The topological polar surface area (TPSA) is 89.8 Å². The third-order valence-corrected chi connectivity index (χ3v) is 3.69. The fraction of sp³-hybridized carbons (Fsp3) is 0.417. The molecule has 0 spiro atoms. The molecule has 0 unspecified atom stereocenters. The van der Waals surface area contributed by atoms with Crippen LogP contribution in [0.2, 0.25) is 5.15 Å². The Hall–Kier alpha value is -1.66. The van der Waals surface area contributed by atoms with Gasteiger partial charge in [0.2, 0.25) is 5.95 Å². The van der Waals surface area contributed by atoms with Crippen LogP contribution in [0.1, 0.15) is 18.9 Å². The lowest BCUT2D eigenvalue weighted by Gasteiger charge is -2.22. The maximum absolute atomic E-state index is 9.13. The summed E-state index contributed by atoms with van der Waals surface area (Å²) >= 11 is 6.00. The summed E-state index contributed by atoms with van der Waals surface area (Å²) in [4.78, 5) is 12.3. The van der Waals surface area contributed by atoms with Crippen LogP contribution in [0.4, 0.5) is 5.95 Å². The standard InChI is InChI=1S/C12H14ClN5O/c13-10-9-11(17-12(14)16-10)18(6-15-9)8-3-1-7(5-19)2-4-8/h1,3,6-8,19H,2,4-5H2,(H2,14,16,17)/t7-,8+/m1/s1. The molecular weight excluding hydrogens is 266 g/mol. The minimum Gasteiger partial charge on any atom is -0.396 e. The van der Waals surface area contributed by atoms with Crippen molar-refractivity contribution in [2.75, 3.05) is 12.3 Å². The average Bonchev–Trinajstić information content (AvgIpc) is 2.83. The van der Waals surface area contributed by atoms with Crippen molar-refractivity contribution in [2.24, 2.45) is 5.92 Å².